The molecule has 5 heteroatoms. The van der Waals surface area contributed by atoms with Crippen LogP contribution in [0.15, 0.2) is 0 Å². The summed E-state index contributed by atoms with van der Waals surface area (Å²) in [5, 5.41) is 11.4. The summed E-state index contributed by atoms with van der Waals surface area (Å²) in [5.41, 5.74) is 0. The molecule has 0 heterocycles. The molecule has 1 fully saturated rings. The molecule has 0 aliphatic heterocycles. The van der Waals surface area contributed by atoms with Crippen LogP contribution in [0.25, 0.3) is 0 Å². The van der Waals surface area contributed by atoms with Gasteiger partial charge in [-0.25, -0.2) is 0 Å². The molecule has 0 bridgehead atoms. The van der Waals surface area contributed by atoms with Crippen LogP contribution in [0.3, 0.4) is 0 Å². The molecule has 21 heavy (non-hydrogen) atoms. The molecular weight excluding hydrogens is 268 g/mol. The van der Waals surface area contributed by atoms with Crippen LogP contribution in [0.4, 0.5) is 0 Å². The van der Waals surface area contributed by atoms with Gasteiger partial charge in [0.1, 0.15) is 0 Å². The van der Waals surface area contributed by atoms with Gasteiger partial charge in [0.25, 0.3) is 0 Å². The van der Waals surface area contributed by atoms with Gasteiger partial charge >= 0.3 is 5.97 Å². The van der Waals surface area contributed by atoms with E-state index in [1.54, 1.807) is 0 Å². The van der Waals surface area contributed by atoms with Gasteiger partial charge in [-0.05, 0) is 45.7 Å². The Labute approximate surface area is 128 Å². The number of unbranched alkanes of at least 4 members (excludes halogenated alkanes) is 1. The van der Waals surface area contributed by atoms with Crippen molar-refractivity contribution in [2.24, 2.45) is 0 Å². The first-order valence-electron chi connectivity index (χ1n) is 8.28. The maximum Gasteiger partial charge on any atom is 0.303 e. The third kappa shape index (κ3) is 8.71. The number of carboxylic acids is 1. The van der Waals surface area contributed by atoms with Gasteiger partial charge in [0, 0.05) is 25.4 Å². The van der Waals surface area contributed by atoms with Gasteiger partial charge in [-0.2, -0.15) is 0 Å². The molecule has 1 saturated carbocycles. The highest BCUT2D eigenvalue weighted by Gasteiger charge is 2.17. The first-order valence-corrected chi connectivity index (χ1v) is 8.28. The highest BCUT2D eigenvalue weighted by molar-refractivity contribution is 5.75. The zero-order chi connectivity index (χ0) is 15.5. The van der Waals surface area contributed by atoms with Crippen molar-refractivity contribution in [2.75, 3.05) is 20.1 Å². The van der Waals surface area contributed by atoms with Crippen LogP contribution in [0.1, 0.15) is 64.2 Å². The summed E-state index contributed by atoms with van der Waals surface area (Å²) in [6, 6.07) is 0.727. The van der Waals surface area contributed by atoms with E-state index in [1.165, 1.54) is 32.1 Å². The number of hydrogen-bond donors (Lipinski definition) is 2. The van der Waals surface area contributed by atoms with Crippen molar-refractivity contribution in [1.82, 2.24) is 10.2 Å². The Morgan fingerprint density at radius 3 is 2.43 bits per heavy atom. The monoisotopic (exact) mass is 298 g/mol. The van der Waals surface area contributed by atoms with E-state index in [0.29, 0.717) is 19.3 Å². The number of carboxylic acid groups (broad SMARTS) is 1. The molecule has 1 amide bonds. The third-order valence-electron chi connectivity index (χ3n) is 4.25. The number of nitrogens with zero attached hydrogens (tertiary/aromatic N) is 1. The molecule has 5 nitrogen and oxygen atoms in total. The summed E-state index contributed by atoms with van der Waals surface area (Å²) in [6.07, 6.45) is 9.50. The smallest absolute Gasteiger partial charge is 0.303 e. The summed E-state index contributed by atoms with van der Waals surface area (Å²) >= 11 is 0. The highest BCUT2D eigenvalue weighted by Crippen LogP contribution is 2.21. The van der Waals surface area contributed by atoms with Gasteiger partial charge in [0.15, 0.2) is 0 Å². The van der Waals surface area contributed by atoms with Crippen molar-refractivity contribution >= 4 is 11.9 Å². The first-order chi connectivity index (χ1) is 10.1. The maximum atomic E-state index is 11.6. The topological polar surface area (TPSA) is 69.6 Å². The average molecular weight is 298 g/mol. The minimum atomic E-state index is -0.791. The lowest BCUT2D eigenvalue weighted by molar-refractivity contribution is -0.137. The van der Waals surface area contributed by atoms with E-state index in [2.05, 4.69) is 17.3 Å². The minimum Gasteiger partial charge on any atom is -0.481 e. The summed E-state index contributed by atoms with van der Waals surface area (Å²) < 4.78 is 0. The summed E-state index contributed by atoms with van der Waals surface area (Å²) in [7, 11) is 2.18. The zero-order valence-electron chi connectivity index (χ0n) is 13.3. The Kier molecular flexibility index (Phi) is 9.06. The van der Waals surface area contributed by atoms with E-state index in [0.717, 1.165) is 25.6 Å². The van der Waals surface area contributed by atoms with Crippen LogP contribution in [0.5, 0.6) is 0 Å². The molecule has 0 atom stereocenters. The highest BCUT2D eigenvalue weighted by atomic mass is 16.4. The van der Waals surface area contributed by atoms with E-state index in [-0.39, 0.29) is 12.3 Å². The fourth-order valence-corrected chi connectivity index (χ4v) is 2.91. The van der Waals surface area contributed by atoms with Gasteiger partial charge in [0.05, 0.1) is 0 Å². The van der Waals surface area contributed by atoms with Gasteiger partial charge in [-0.15, -0.1) is 0 Å². The molecule has 0 radical (unpaired) electrons. The van der Waals surface area contributed by atoms with Crippen LogP contribution in [0, 0.1) is 0 Å². The SMILES string of the molecule is CN(CCCNC(=O)CCCCC(=O)O)C1CCCCC1. The lowest BCUT2D eigenvalue weighted by Crippen LogP contribution is -2.35. The van der Waals surface area contributed by atoms with Gasteiger partial charge in [-0.1, -0.05) is 19.3 Å². The number of rotatable bonds is 10. The molecule has 0 unspecified atom stereocenters. The Balaban J connectivity index is 1.97. The van der Waals surface area contributed by atoms with Crippen molar-refractivity contribution in [3.05, 3.63) is 0 Å². The molecule has 122 valence electrons. The lowest BCUT2D eigenvalue weighted by atomic mass is 9.94. The van der Waals surface area contributed by atoms with Crippen molar-refractivity contribution in [1.29, 1.82) is 0 Å². The normalized spacial score (nSPS) is 16.1. The second kappa shape index (κ2) is 10.6. The Morgan fingerprint density at radius 1 is 1.10 bits per heavy atom. The van der Waals surface area contributed by atoms with Gasteiger partial charge < -0.3 is 15.3 Å². The third-order valence-corrected chi connectivity index (χ3v) is 4.25. The van der Waals surface area contributed by atoms with Crippen LogP contribution in [-0.2, 0) is 9.59 Å². The number of carbonyl (C=O) groups excluding carboxylic acids is 1. The zero-order valence-corrected chi connectivity index (χ0v) is 13.3. The van der Waals surface area contributed by atoms with E-state index < -0.39 is 5.97 Å². The fourth-order valence-electron chi connectivity index (χ4n) is 2.91. The second-order valence-electron chi connectivity index (χ2n) is 6.08. The van der Waals surface area contributed by atoms with E-state index in [1.807, 2.05) is 0 Å². The van der Waals surface area contributed by atoms with Crippen LogP contribution >= 0.6 is 0 Å². The van der Waals surface area contributed by atoms with Crippen LogP contribution < -0.4 is 5.32 Å². The molecule has 1 aliphatic rings. The van der Waals surface area contributed by atoms with Crippen LogP contribution in [0.2, 0.25) is 0 Å². The standard InChI is InChI=1S/C16H30N2O3/c1-18(14-8-3-2-4-9-14)13-7-12-17-15(19)10-5-6-11-16(20)21/h14H,2-13H2,1H3,(H,17,19)(H,20,21). The predicted molar refractivity (Wildman–Crippen MR) is 83.2 cm³/mol. The molecule has 1 aliphatic carbocycles. The Morgan fingerprint density at radius 2 is 1.76 bits per heavy atom. The summed E-state index contributed by atoms with van der Waals surface area (Å²) in [6.45, 7) is 1.75. The fraction of sp³-hybridized carbons (Fsp3) is 0.875. The lowest BCUT2D eigenvalue weighted by Gasteiger charge is -2.31. The number of aliphatic carboxylic acids is 1. The van der Waals surface area contributed by atoms with Crippen molar-refractivity contribution in [2.45, 2.75) is 70.3 Å². The largest absolute Gasteiger partial charge is 0.481 e. The van der Waals surface area contributed by atoms with E-state index in [9.17, 15) is 9.59 Å². The molecule has 0 saturated heterocycles. The van der Waals surface area contributed by atoms with Crippen LogP contribution in [-0.4, -0.2) is 48.1 Å². The van der Waals surface area contributed by atoms with Crippen molar-refractivity contribution in [3.8, 4) is 0 Å². The van der Waals surface area contributed by atoms with Gasteiger partial charge in [0.2, 0.25) is 5.91 Å². The number of amides is 1. The second-order valence-corrected chi connectivity index (χ2v) is 6.08. The molecule has 0 aromatic rings. The maximum absolute atomic E-state index is 11.6. The number of carbonyl (C=O) groups is 2. The van der Waals surface area contributed by atoms with E-state index in [4.69, 9.17) is 5.11 Å². The van der Waals surface area contributed by atoms with Crippen molar-refractivity contribution < 1.29 is 14.7 Å². The molecule has 0 aromatic heterocycles. The molecule has 0 spiro atoms. The molecular formula is C16H30N2O3. The first kappa shape index (κ1) is 18.0. The quantitative estimate of drug-likeness (QED) is 0.608. The summed E-state index contributed by atoms with van der Waals surface area (Å²) in [5.74, 6) is -0.748. The number of hydrogen-bond acceptors (Lipinski definition) is 3. The predicted octanol–water partition coefficient (Wildman–Crippen LogP) is 2.40. The number of nitrogens with one attached hydrogen (secondary N) is 1. The average Bonchev–Trinajstić information content (AvgIpc) is 2.48. The molecule has 0 aromatic carbocycles. The Bertz CT molecular complexity index is 315. The van der Waals surface area contributed by atoms with Crippen molar-refractivity contribution in [3.63, 3.8) is 0 Å². The van der Waals surface area contributed by atoms with E-state index >= 15 is 0 Å². The minimum absolute atomic E-state index is 0.0423. The summed E-state index contributed by atoms with van der Waals surface area (Å²) in [4.78, 5) is 24.3. The molecule has 1 rings (SSSR count). The Hall–Kier alpha value is -1.10. The molecule has 2 N–H and O–H groups in total. The van der Waals surface area contributed by atoms with Gasteiger partial charge in [-0.3, -0.25) is 9.59 Å².